The maximum Gasteiger partial charge on any atom is 0.573 e. The first-order chi connectivity index (χ1) is 10.4. The van der Waals surface area contributed by atoms with E-state index in [1.54, 1.807) is 12.1 Å². The molecule has 1 aromatic carbocycles. The topological polar surface area (TPSA) is 24.5 Å². The van der Waals surface area contributed by atoms with Gasteiger partial charge in [-0.15, -0.1) is 13.2 Å². The minimum Gasteiger partial charge on any atom is -0.405 e. The fraction of sp³-hybridized carbons (Fsp3) is 0.600. The standard InChI is InChI=1S/C15H18BrF3N2O/c16-12-7-11(1-2-13(12)22-15(17,18)19)8-21-6-4-14(10-21)3-5-20-9-14/h1-2,7,20H,3-6,8-10H2. The Morgan fingerprint density at radius 2 is 2.14 bits per heavy atom. The van der Waals surface area contributed by atoms with Gasteiger partial charge in [-0.1, -0.05) is 6.07 Å². The predicted molar refractivity (Wildman–Crippen MR) is 80.6 cm³/mol. The van der Waals surface area contributed by atoms with Crippen LogP contribution in [0.4, 0.5) is 13.2 Å². The molecule has 1 unspecified atom stereocenters. The SMILES string of the molecule is FC(F)(F)Oc1ccc(CN2CCC3(CCNC3)C2)cc1Br. The second-order valence-corrected chi connectivity index (χ2v) is 7.05. The predicted octanol–water partition coefficient (Wildman–Crippen LogP) is 3.53. The van der Waals surface area contributed by atoms with Gasteiger partial charge in [-0.05, 0) is 65.0 Å². The molecule has 1 aromatic rings. The highest BCUT2D eigenvalue weighted by Gasteiger charge is 2.40. The molecule has 122 valence electrons. The van der Waals surface area contributed by atoms with Crippen molar-refractivity contribution in [1.29, 1.82) is 0 Å². The molecule has 0 aliphatic carbocycles. The third kappa shape index (κ3) is 3.75. The molecule has 2 aliphatic rings. The van der Waals surface area contributed by atoms with Gasteiger partial charge >= 0.3 is 6.36 Å². The summed E-state index contributed by atoms with van der Waals surface area (Å²) in [6.07, 6.45) is -2.26. The van der Waals surface area contributed by atoms with Crippen molar-refractivity contribution in [3.05, 3.63) is 28.2 Å². The number of alkyl halides is 3. The molecule has 1 N–H and O–H groups in total. The number of nitrogens with one attached hydrogen (secondary N) is 1. The van der Waals surface area contributed by atoms with E-state index in [4.69, 9.17) is 0 Å². The van der Waals surface area contributed by atoms with Gasteiger partial charge in [0.05, 0.1) is 4.47 Å². The Hall–Kier alpha value is -0.790. The number of nitrogens with zero attached hydrogens (tertiary/aromatic N) is 1. The number of likely N-dealkylation sites (tertiary alicyclic amines) is 1. The normalized spacial score (nSPS) is 26.0. The molecule has 2 heterocycles. The fourth-order valence-corrected chi connectivity index (χ4v) is 3.92. The lowest BCUT2D eigenvalue weighted by Crippen LogP contribution is -2.28. The van der Waals surface area contributed by atoms with Crippen LogP contribution in [0, 0.1) is 5.41 Å². The summed E-state index contributed by atoms with van der Waals surface area (Å²) >= 11 is 3.16. The maximum absolute atomic E-state index is 12.3. The van der Waals surface area contributed by atoms with Crippen molar-refractivity contribution in [3.8, 4) is 5.75 Å². The van der Waals surface area contributed by atoms with E-state index in [1.165, 1.54) is 18.9 Å². The van der Waals surface area contributed by atoms with Crippen molar-refractivity contribution in [3.63, 3.8) is 0 Å². The van der Waals surface area contributed by atoms with E-state index in [2.05, 4.69) is 30.9 Å². The molecule has 1 spiro atoms. The van der Waals surface area contributed by atoms with Gasteiger partial charge in [0.15, 0.2) is 0 Å². The lowest BCUT2D eigenvalue weighted by atomic mass is 9.86. The van der Waals surface area contributed by atoms with E-state index in [-0.39, 0.29) is 5.75 Å². The monoisotopic (exact) mass is 378 g/mol. The third-order valence-corrected chi connectivity index (χ3v) is 5.10. The van der Waals surface area contributed by atoms with Gasteiger partial charge in [0.2, 0.25) is 0 Å². The first-order valence-corrected chi connectivity index (χ1v) is 8.12. The molecule has 3 nitrogen and oxygen atoms in total. The summed E-state index contributed by atoms with van der Waals surface area (Å²) < 4.78 is 41.1. The highest BCUT2D eigenvalue weighted by atomic mass is 79.9. The molecule has 7 heteroatoms. The third-order valence-electron chi connectivity index (χ3n) is 4.48. The van der Waals surface area contributed by atoms with Crippen molar-refractivity contribution in [2.24, 2.45) is 5.41 Å². The average molecular weight is 379 g/mol. The molecule has 0 bridgehead atoms. The van der Waals surface area contributed by atoms with Gasteiger partial charge in [0.25, 0.3) is 0 Å². The lowest BCUT2D eigenvalue weighted by molar-refractivity contribution is -0.274. The molecule has 0 saturated carbocycles. The van der Waals surface area contributed by atoms with E-state index in [9.17, 15) is 13.2 Å². The average Bonchev–Trinajstić information content (AvgIpc) is 3.03. The van der Waals surface area contributed by atoms with Crippen LogP contribution in [-0.2, 0) is 6.54 Å². The first-order valence-electron chi connectivity index (χ1n) is 7.33. The van der Waals surface area contributed by atoms with Crippen molar-refractivity contribution in [2.45, 2.75) is 25.7 Å². The zero-order valence-corrected chi connectivity index (χ0v) is 13.6. The second kappa shape index (κ2) is 6.02. The molecule has 0 aromatic heterocycles. The first kappa shape index (κ1) is 16.1. The zero-order chi connectivity index (χ0) is 15.8. The van der Waals surface area contributed by atoms with Crippen molar-refractivity contribution in [1.82, 2.24) is 10.2 Å². The second-order valence-electron chi connectivity index (χ2n) is 6.20. The van der Waals surface area contributed by atoms with Crippen LogP contribution in [0.25, 0.3) is 0 Å². The van der Waals surface area contributed by atoms with Crippen LogP contribution in [0.1, 0.15) is 18.4 Å². The minimum absolute atomic E-state index is 0.200. The molecular formula is C15H18BrF3N2O. The van der Waals surface area contributed by atoms with Crippen LogP contribution in [-0.4, -0.2) is 37.4 Å². The van der Waals surface area contributed by atoms with E-state index >= 15 is 0 Å². The van der Waals surface area contributed by atoms with Crippen molar-refractivity contribution < 1.29 is 17.9 Å². The summed E-state index contributed by atoms with van der Waals surface area (Å²) in [5.74, 6) is -0.200. The van der Waals surface area contributed by atoms with E-state index in [1.807, 2.05) is 0 Å². The van der Waals surface area contributed by atoms with E-state index in [0.29, 0.717) is 9.89 Å². The number of rotatable bonds is 3. The quantitative estimate of drug-likeness (QED) is 0.870. The van der Waals surface area contributed by atoms with Crippen LogP contribution < -0.4 is 10.1 Å². The van der Waals surface area contributed by atoms with Gasteiger partial charge in [0.1, 0.15) is 5.75 Å². The Morgan fingerprint density at radius 3 is 2.77 bits per heavy atom. The Kier molecular flexibility index (Phi) is 4.40. The van der Waals surface area contributed by atoms with Gasteiger partial charge in [-0.3, -0.25) is 4.90 Å². The summed E-state index contributed by atoms with van der Waals surface area (Å²) in [5, 5.41) is 3.42. The largest absolute Gasteiger partial charge is 0.573 e. The van der Waals surface area contributed by atoms with Gasteiger partial charge < -0.3 is 10.1 Å². The Balaban J connectivity index is 1.63. The molecule has 2 saturated heterocycles. The molecule has 22 heavy (non-hydrogen) atoms. The number of hydrogen-bond donors (Lipinski definition) is 1. The zero-order valence-electron chi connectivity index (χ0n) is 12.0. The fourth-order valence-electron chi connectivity index (χ4n) is 3.41. The molecule has 0 amide bonds. The summed E-state index contributed by atoms with van der Waals surface area (Å²) in [6.45, 7) is 5.01. The highest BCUT2D eigenvalue weighted by molar-refractivity contribution is 9.10. The summed E-state index contributed by atoms with van der Waals surface area (Å²) in [6, 6.07) is 4.78. The van der Waals surface area contributed by atoms with Crippen LogP contribution in [0.3, 0.4) is 0 Å². The van der Waals surface area contributed by atoms with Crippen LogP contribution >= 0.6 is 15.9 Å². The van der Waals surface area contributed by atoms with Gasteiger partial charge in [-0.25, -0.2) is 0 Å². The van der Waals surface area contributed by atoms with Gasteiger partial charge in [0, 0.05) is 19.6 Å². The van der Waals surface area contributed by atoms with Crippen LogP contribution in [0.2, 0.25) is 0 Å². The molecule has 2 fully saturated rings. The summed E-state index contributed by atoms with van der Waals surface area (Å²) in [7, 11) is 0. The maximum atomic E-state index is 12.3. The summed E-state index contributed by atoms with van der Waals surface area (Å²) in [5.41, 5.74) is 1.39. The highest BCUT2D eigenvalue weighted by Crippen LogP contribution is 2.37. The minimum atomic E-state index is -4.67. The lowest BCUT2D eigenvalue weighted by Gasteiger charge is -2.23. The number of hydrogen-bond acceptors (Lipinski definition) is 3. The molecule has 3 rings (SSSR count). The van der Waals surface area contributed by atoms with Crippen LogP contribution in [0.15, 0.2) is 22.7 Å². The molecular weight excluding hydrogens is 361 g/mol. The Labute approximate surface area is 135 Å². The van der Waals surface area contributed by atoms with E-state index < -0.39 is 6.36 Å². The number of halogens is 4. The Morgan fingerprint density at radius 1 is 1.32 bits per heavy atom. The van der Waals surface area contributed by atoms with Gasteiger partial charge in [-0.2, -0.15) is 0 Å². The molecule has 0 radical (unpaired) electrons. The number of ether oxygens (including phenoxy) is 1. The summed E-state index contributed by atoms with van der Waals surface area (Å²) in [4.78, 5) is 2.37. The molecule has 1 atom stereocenters. The number of benzene rings is 1. The van der Waals surface area contributed by atoms with Crippen molar-refractivity contribution >= 4 is 15.9 Å². The molecule has 2 aliphatic heterocycles. The smallest absolute Gasteiger partial charge is 0.405 e. The van der Waals surface area contributed by atoms with E-state index in [0.717, 1.165) is 38.3 Å². The Bertz CT molecular complexity index is 544. The van der Waals surface area contributed by atoms with Crippen molar-refractivity contribution in [2.75, 3.05) is 26.2 Å². The van der Waals surface area contributed by atoms with Crippen LogP contribution in [0.5, 0.6) is 5.75 Å².